The zero-order valence-electron chi connectivity index (χ0n) is 30.2. The predicted molar refractivity (Wildman–Crippen MR) is 164 cm³/mol. The highest BCUT2D eigenvalue weighted by Gasteiger charge is 2.38. The first kappa shape index (κ1) is 49.1. The molecule has 0 aromatic rings. The Hall–Kier alpha value is -4.76. The summed E-state index contributed by atoms with van der Waals surface area (Å²) in [6.45, 7) is 14.9. The molecule has 0 N–H and O–H groups in total. The summed E-state index contributed by atoms with van der Waals surface area (Å²) < 4.78 is 36.0. The number of carbonyl (C=O) groups excluding carboxylic acids is 8. The van der Waals surface area contributed by atoms with Gasteiger partial charge < -0.3 is 37.9 Å². The van der Waals surface area contributed by atoms with E-state index in [0.29, 0.717) is 11.5 Å². The zero-order valence-corrected chi connectivity index (χ0v) is 30.2. The number of methoxy groups -OCH3 is 6. The fraction of sp³-hybridized carbons (Fsp3) is 0.613. The van der Waals surface area contributed by atoms with E-state index < -0.39 is 65.0 Å². The molecular formula is C31H50O16. The van der Waals surface area contributed by atoms with E-state index in [-0.39, 0.29) is 11.1 Å². The fourth-order valence-corrected chi connectivity index (χ4v) is 2.56. The van der Waals surface area contributed by atoms with Crippen LogP contribution in [0.3, 0.4) is 0 Å². The summed E-state index contributed by atoms with van der Waals surface area (Å²) in [4.78, 5) is 86.4. The summed E-state index contributed by atoms with van der Waals surface area (Å²) in [6.07, 6.45) is 0. The van der Waals surface area contributed by atoms with Gasteiger partial charge in [-0.3, -0.25) is 28.8 Å². The van der Waals surface area contributed by atoms with E-state index in [1.807, 2.05) is 0 Å². The molecule has 0 aliphatic rings. The van der Waals surface area contributed by atoms with E-state index in [0.717, 1.165) is 0 Å². The Balaban J connectivity index is -0.000000262. The van der Waals surface area contributed by atoms with Crippen molar-refractivity contribution in [3.63, 3.8) is 0 Å². The van der Waals surface area contributed by atoms with Crippen molar-refractivity contribution in [2.45, 2.75) is 69.2 Å². The Labute approximate surface area is 276 Å². The Kier molecular flexibility index (Phi) is 26.6. The zero-order chi connectivity index (χ0) is 38.2. The third-order valence-electron chi connectivity index (χ3n) is 5.92. The van der Waals surface area contributed by atoms with Crippen molar-refractivity contribution in [1.82, 2.24) is 0 Å². The molecule has 0 heterocycles. The lowest BCUT2D eigenvalue weighted by Crippen LogP contribution is -2.35. The molecule has 0 aliphatic carbocycles. The minimum Gasteiger partial charge on any atom is -0.469 e. The molecule has 0 rings (SSSR count). The molecule has 0 bridgehead atoms. The van der Waals surface area contributed by atoms with Gasteiger partial charge in [-0.2, -0.15) is 0 Å². The van der Waals surface area contributed by atoms with Gasteiger partial charge in [-0.25, -0.2) is 9.59 Å². The van der Waals surface area contributed by atoms with Crippen molar-refractivity contribution in [3.05, 3.63) is 22.7 Å². The highest BCUT2D eigenvalue weighted by molar-refractivity contribution is 5.99. The number of ether oxygens (including phenoxy) is 8. The minimum atomic E-state index is -1.20. The van der Waals surface area contributed by atoms with E-state index in [1.54, 1.807) is 27.7 Å². The van der Waals surface area contributed by atoms with E-state index >= 15 is 0 Å². The number of hydrogen-bond acceptors (Lipinski definition) is 16. The smallest absolute Gasteiger partial charge is 0.333 e. The molecule has 0 saturated carbocycles. The van der Waals surface area contributed by atoms with E-state index in [9.17, 15) is 38.4 Å². The summed E-state index contributed by atoms with van der Waals surface area (Å²) in [5.41, 5.74) is -0.669. The summed E-state index contributed by atoms with van der Waals surface area (Å²) in [6, 6.07) is 0. The summed E-state index contributed by atoms with van der Waals surface area (Å²) in [7, 11) is 7.57. The second-order valence-corrected chi connectivity index (χ2v) is 9.76. The van der Waals surface area contributed by atoms with E-state index in [2.05, 4.69) is 37.9 Å². The third kappa shape index (κ3) is 20.8. The molecule has 16 nitrogen and oxygen atoms in total. The number of hydrogen-bond donors (Lipinski definition) is 0. The second-order valence-electron chi connectivity index (χ2n) is 9.76. The Morgan fingerprint density at radius 3 is 0.872 bits per heavy atom. The van der Waals surface area contributed by atoms with Gasteiger partial charge in [0.2, 0.25) is 0 Å². The van der Waals surface area contributed by atoms with Crippen molar-refractivity contribution in [2.24, 2.45) is 17.3 Å². The molecule has 2 atom stereocenters. The number of allylic oxidation sites excluding steroid dienone is 2. The third-order valence-corrected chi connectivity index (χ3v) is 5.92. The van der Waals surface area contributed by atoms with Gasteiger partial charge in [0.1, 0.15) is 11.5 Å². The van der Waals surface area contributed by atoms with Crippen LogP contribution in [-0.4, -0.2) is 90.4 Å². The highest BCUT2D eigenvalue weighted by atomic mass is 16.6. The Morgan fingerprint density at radius 1 is 0.447 bits per heavy atom. The van der Waals surface area contributed by atoms with Crippen LogP contribution in [0, 0.1) is 17.3 Å². The first-order valence-electron chi connectivity index (χ1n) is 13.7. The molecule has 0 amide bonds. The average molecular weight is 679 g/mol. The standard InChI is InChI=1S/C8H14O4.2C8H12O4.C7H12O4/c2*1-5(7(9)11-3)6(2)8(10)12-4;1-5(11-7(3)9)6(2)12-8(4)10;1-7(2,5(8)10-3)6(9)11-4/h5-6H,1-4H3;2*1-4H3;1-4H3/b;2*6-5-;. The van der Waals surface area contributed by atoms with Crippen LogP contribution in [0.25, 0.3) is 0 Å². The van der Waals surface area contributed by atoms with Crippen LogP contribution in [0.1, 0.15) is 69.2 Å². The van der Waals surface area contributed by atoms with Gasteiger partial charge in [0.15, 0.2) is 5.41 Å². The van der Waals surface area contributed by atoms with Gasteiger partial charge in [-0.1, -0.05) is 13.8 Å². The van der Waals surface area contributed by atoms with Crippen molar-refractivity contribution >= 4 is 47.8 Å². The molecular weight excluding hydrogens is 628 g/mol. The maximum absolute atomic E-state index is 10.9. The van der Waals surface area contributed by atoms with Gasteiger partial charge in [0, 0.05) is 25.0 Å². The number of rotatable bonds is 9. The quantitative estimate of drug-likeness (QED) is 0.113. The van der Waals surface area contributed by atoms with Crippen molar-refractivity contribution in [3.8, 4) is 0 Å². The monoisotopic (exact) mass is 678 g/mol. The van der Waals surface area contributed by atoms with E-state index in [4.69, 9.17) is 0 Å². The van der Waals surface area contributed by atoms with Gasteiger partial charge in [0.25, 0.3) is 0 Å². The summed E-state index contributed by atoms with van der Waals surface area (Å²) in [5, 5.41) is 0. The van der Waals surface area contributed by atoms with Gasteiger partial charge in [0.05, 0.1) is 54.5 Å². The van der Waals surface area contributed by atoms with Gasteiger partial charge in [-0.15, -0.1) is 0 Å². The van der Waals surface area contributed by atoms with Gasteiger partial charge >= 0.3 is 47.8 Å². The summed E-state index contributed by atoms with van der Waals surface area (Å²) >= 11 is 0. The Morgan fingerprint density at radius 2 is 0.702 bits per heavy atom. The lowest BCUT2D eigenvalue weighted by atomic mass is 9.94. The first-order valence-corrected chi connectivity index (χ1v) is 13.7. The number of esters is 8. The minimum absolute atomic E-state index is 0.268. The maximum Gasteiger partial charge on any atom is 0.333 e. The molecule has 0 aromatic heterocycles. The second kappa shape index (κ2) is 25.4. The predicted octanol–water partition coefficient (Wildman–Crippen LogP) is 3.00. The molecule has 0 spiro atoms. The van der Waals surface area contributed by atoms with Crippen molar-refractivity contribution in [2.75, 3.05) is 42.7 Å². The van der Waals surface area contributed by atoms with Crippen LogP contribution in [0.2, 0.25) is 0 Å². The van der Waals surface area contributed by atoms with Crippen LogP contribution < -0.4 is 0 Å². The molecule has 0 aromatic carbocycles. The fourth-order valence-electron chi connectivity index (χ4n) is 2.56. The topological polar surface area (TPSA) is 210 Å². The largest absolute Gasteiger partial charge is 0.469 e. The molecule has 0 saturated heterocycles. The first-order chi connectivity index (χ1) is 21.5. The summed E-state index contributed by atoms with van der Waals surface area (Å²) in [5.74, 6) is -4.18. The lowest BCUT2D eigenvalue weighted by Gasteiger charge is -2.17. The van der Waals surface area contributed by atoms with Crippen LogP contribution in [0.4, 0.5) is 0 Å². The van der Waals surface area contributed by atoms with Crippen molar-refractivity contribution in [1.29, 1.82) is 0 Å². The molecule has 16 heteroatoms. The molecule has 270 valence electrons. The van der Waals surface area contributed by atoms with Crippen LogP contribution in [0.15, 0.2) is 22.7 Å². The molecule has 0 fully saturated rings. The molecule has 0 radical (unpaired) electrons. The lowest BCUT2D eigenvalue weighted by molar-refractivity contribution is -0.166. The van der Waals surface area contributed by atoms with Crippen molar-refractivity contribution < 1.29 is 76.3 Å². The molecule has 47 heavy (non-hydrogen) atoms. The number of carbonyl (C=O) groups is 8. The van der Waals surface area contributed by atoms with Gasteiger partial charge in [-0.05, 0) is 41.5 Å². The van der Waals surface area contributed by atoms with E-state index in [1.165, 1.54) is 84.2 Å². The maximum atomic E-state index is 10.9. The average Bonchev–Trinajstić information content (AvgIpc) is 3.04. The molecule has 0 aliphatic heterocycles. The SMILES string of the molecule is CC(=O)O/C(C)=C(/C)OC(C)=O.COC(=O)/C(C)=C(/C)C(=O)OC.COC(=O)C(C)(C)C(=O)OC.COC(=O)C(C)C(C)C(=O)OC. The van der Waals surface area contributed by atoms with Crippen LogP contribution in [-0.2, 0) is 76.3 Å². The van der Waals surface area contributed by atoms with Crippen LogP contribution in [0.5, 0.6) is 0 Å². The highest BCUT2D eigenvalue weighted by Crippen LogP contribution is 2.18. The normalized spacial score (nSPS) is 12.2. The van der Waals surface area contributed by atoms with Crippen LogP contribution >= 0.6 is 0 Å². The molecule has 2 unspecified atom stereocenters. The Bertz CT molecular complexity index is 1070.